The van der Waals surface area contributed by atoms with Crippen LogP contribution in [0.15, 0.2) is 0 Å². The fraction of sp³-hybridized carbons (Fsp3) is 0.917. The molecule has 1 aliphatic carbocycles. The lowest BCUT2D eigenvalue weighted by atomic mass is 9.72. The van der Waals surface area contributed by atoms with Crippen LogP contribution in [0.25, 0.3) is 0 Å². The zero-order chi connectivity index (χ0) is 11.0. The number of amides is 1. The molecule has 2 fully saturated rings. The number of fused-ring (bicyclic) bond motifs is 1. The predicted octanol–water partition coefficient (Wildman–Crippen LogP) is 2.56. The van der Waals surface area contributed by atoms with Crippen molar-refractivity contribution < 1.29 is 9.53 Å². The molecule has 1 heterocycles. The molecule has 1 amide bonds. The van der Waals surface area contributed by atoms with Crippen LogP contribution in [0.1, 0.15) is 40.0 Å². The van der Waals surface area contributed by atoms with Gasteiger partial charge in [0.05, 0.1) is 6.04 Å². The smallest absolute Gasteiger partial charge is 0.407 e. The Balaban J connectivity index is 2.03. The molecule has 2 aliphatic rings. The lowest BCUT2D eigenvalue weighted by Crippen LogP contribution is -2.44. The van der Waals surface area contributed by atoms with Gasteiger partial charge in [0.15, 0.2) is 0 Å². The van der Waals surface area contributed by atoms with E-state index in [1.165, 1.54) is 12.8 Å². The molecule has 1 aliphatic heterocycles. The second-order valence-corrected chi connectivity index (χ2v) is 5.21. The van der Waals surface area contributed by atoms with Crippen LogP contribution >= 0.6 is 0 Å². The molecule has 1 saturated heterocycles. The topological polar surface area (TPSA) is 38.3 Å². The van der Waals surface area contributed by atoms with Crippen LogP contribution in [-0.2, 0) is 4.74 Å². The minimum atomic E-state index is -0.221. The maximum atomic E-state index is 11.2. The van der Waals surface area contributed by atoms with Crippen molar-refractivity contribution in [2.24, 2.45) is 17.8 Å². The van der Waals surface area contributed by atoms with Gasteiger partial charge in [-0.3, -0.25) is 0 Å². The van der Waals surface area contributed by atoms with E-state index in [0.29, 0.717) is 5.92 Å². The number of ether oxygens (including phenoxy) is 1. The third kappa shape index (κ3) is 1.97. The average molecular weight is 211 g/mol. The molecule has 0 spiro atoms. The molecule has 1 saturated carbocycles. The minimum Gasteiger partial charge on any atom is -0.444 e. The first-order valence-electron chi connectivity index (χ1n) is 6.09. The number of nitrogens with one attached hydrogen (secondary N) is 1. The van der Waals surface area contributed by atoms with E-state index in [4.69, 9.17) is 4.74 Å². The van der Waals surface area contributed by atoms with E-state index in [-0.39, 0.29) is 18.2 Å². The largest absolute Gasteiger partial charge is 0.444 e. The lowest BCUT2D eigenvalue weighted by molar-refractivity contribution is 0.0576. The molecule has 0 aromatic heterocycles. The fourth-order valence-electron chi connectivity index (χ4n) is 2.99. The quantitative estimate of drug-likeness (QED) is 0.762. The summed E-state index contributed by atoms with van der Waals surface area (Å²) in [5, 5.41) is 2.92. The molecule has 86 valence electrons. The summed E-state index contributed by atoms with van der Waals surface area (Å²) in [6.07, 6.45) is 3.39. The van der Waals surface area contributed by atoms with Crippen molar-refractivity contribution in [3.63, 3.8) is 0 Å². The van der Waals surface area contributed by atoms with Gasteiger partial charge in [0, 0.05) is 0 Å². The summed E-state index contributed by atoms with van der Waals surface area (Å²) in [6.45, 7) is 6.77. The average Bonchev–Trinajstić information content (AvgIpc) is 2.58. The molecule has 0 bridgehead atoms. The van der Waals surface area contributed by atoms with Gasteiger partial charge in [-0.15, -0.1) is 0 Å². The Kier molecular flexibility index (Phi) is 2.89. The Morgan fingerprint density at radius 2 is 2.27 bits per heavy atom. The summed E-state index contributed by atoms with van der Waals surface area (Å²) in [6, 6.07) is 0.262. The molecule has 15 heavy (non-hydrogen) atoms. The van der Waals surface area contributed by atoms with E-state index in [1.54, 1.807) is 0 Å². The van der Waals surface area contributed by atoms with Gasteiger partial charge in [-0.1, -0.05) is 27.2 Å². The Labute approximate surface area is 91.6 Å². The molecule has 3 nitrogen and oxygen atoms in total. The van der Waals surface area contributed by atoms with Gasteiger partial charge in [0.25, 0.3) is 0 Å². The highest BCUT2D eigenvalue weighted by Gasteiger charge is 2.44. The Morgan fingerprint density at radius 1 is 1.53 bits per heavy atom. The van der Waals surface area contributed by atoms with E-state index in [0.717, 1.165) is 18.3 Å². The van der Waals surface area contributed by atoms with Crippen molar-refractivity contribution in [3.05, 3.63) is 0 Å². The summed E-state index contributed by atoms with van der Waals surface area (Å²) in [4.78, 5) is 11.2. The van der Waals surface area contributed by atoms with E-state index in [1.807, 2.05) is 0 Å². The number of carbonyl (C=O) groups excluding carboxylic acids is 1. The van der Waals surface area contributed by atoms with E-state index in [2.05, 4.69) is 26.1 Å². The van der Waals surface area contributed by atoms with Gasteiger partial charge in [-0.25, -0.2) is 4.79 Å². The zero-order valence-corrected chi connectivity index (χ0v) is 9.82. The first kappa shape index (κ1) is 10.8. The first-order valence-corrected chi connectivity index (χ1v) is 6.09. The van der Waals surface area contributed by atoms with Crippen LogP contribution in [0, 0.1) is 17.8 Å². The zero-order valence-electron chi connectivity index (χ0n) is 9.82. The molecular formula is C12H21NO2. The monoisotopic (exact) mass is 211 g/mol. The van der Waals surface area contributed by atoms with Crippen LogP contribution in [0.5, 0.6) is 0 Å². The highest BCUT2D eigenvalue weighted by atomic mass is 16.6. The first-order chi connectivity index (χ1) is 7.11. The van der Waals surface area contributed by atoms with E-state index in [9.17, 15) is 4.79 Å². The van der Waals surface area contributed by atoms with Crippen molar-refractivity contribution in [1.29, 1.82) is 0 Å². The Bertz CT molecular complexity index is 254. The predicted molar refractivity (Wildman–Crippen MR) is 58.5 cm³/mol. The van der Waals surface area contributed by atoms with Crippen molar-refractivity contribution >= 4 is 6.09 Å². The van der Waals surface area contributed by atoms with Crippen molar-refractivity contribution in [3.8, 4) is 0 Å². The summed E-state index contributed by atoms with van der Waals surface area (Å²) in [5.74, 6) is 2.01. The highest BCUT2D eigenvalue weighted by molar-refractivity contribution is 5.70. The van der Waals surface area contributed by atoms with E-state index >= 15 is 0 Å². The van der Waals surface area contributed by atoms with Crippen LogP contribution in [0.3, 0.4) is 0 Å². The van der Waals surface area contributed by atoms with Crippen LogP contribution in [0.4, 0.5) is 4.79 Å². The van der Waals surface area contributed by atoms with Crippen molar-refractivity contribution in [2.45, 2.75) is 52.2 Å². The molecule has 3 heteroatoms. The normalized spacial score (nSPS) is 41.7. The molecular weight excluding hydrogens is 190 g/mol. The minimum absolute atomic E-state index is 0.125. The van der Waals surface area contributed by atoms with Gasteiger partial charge < -0.3 is 10.1 Å². The summed E-state index contributed by atoms with van der Waals surface area (Å²) in [7, 11) is 0. The second kappa shape index (κ2) is 4.03. The molecule has 5 unspecified atom stereocenters. The summed E-state index contributed by atoms with van der Waals surface area (Å²) < 4.78 is 5.31. The Hall–Kier alpha value is -0.730. The molecule has 5 atom stereocenters. The molecule has 0 aromatic carbocycles. The number of rotatable bonds is 2. The van der Waals surface area contributed by atoms with E-state index < -0.39 is 0 Å². The standard InChI is InChI=1S/C12H21NO2/c1-4-7(2)9-5-8(3)11-10(6-9)15-12(14)13-11/h7-11H,4-6H2,1-3H3,(H,13,14). The third-order valence-corrected chi connectivity index (χ3v) is 4.21. The Morgan fingerprint density at radius 3 is 2.93 bits per heavy atom. The molecule has 0 aromatic rings. The number of alkyl carbamates (subject to hydrolysis) is 1. The lowest BCUT2D eigenvalue weighted by Gasteiger charge is -2.37. The fourth-order valence-corrected chi connectivity index (χ4v) is 2.99. The van der Waals surface area contributed by atoms with Crippen LogP contribution < -0.4 is 5.32 Å². The van der Waals surface area contributed by atoms with Gasteiger partial charge in [-0.2, -0.15) is 0 Å². The summed E-state index contributed by atoms with van der Waals surface area (Å²) >= 11 is 0. The molecule has 1 N–H and O–H groups in total. The maximum Gasteiger partial charge on any atom is 0.407 e. The SMILES string of the molecule is CCC(C)C1CC(C)C2NC(=O)OC2C1. The number of carbonyl (C=O) groups is 1. The number of hydrogen-bond acceptors (Lipinski definition) is 2. The third-order valence-electron chi connectivity index (χ3n) is 4.21. The summed E-state index contributed by atoms with van der Waals surface area (Å²) in [5.41, 5.74) is 0. The van der Waals surface area contributed by atoms with Crippen LogP contribution in [0.2, 0.25) is 0 Å². The molecule has 0 radical (unpaired) electrons. The van der Waals surface area contributed by atoms with Gasteiger partial charge in [-0.05, 0) is 30.6 Å². The van der Waals surface area contributed by atoms with Crippen LogP contribution in [-0.4, -0.2) is 18.2 Å². The van der Waals surface area contributed by atoms with Crippen molar-refractivity contribution in [2.75, 3.05) is 0 Å². The van der Waals surface area contributed by atoms with Gasteiger partial charge >= 0.3 is 6.09 Å². The van der Waals surface area contributed by atoms with Gasteiger partial charge in [0.1, 0.15) is 6.10 Å². The highest BCUT2D eigenvalue weighted by Crippen LogP contribution is 2.38. The van der Waals surface area contributed by atoms with Gasteiger partial charge in [0.2, 0.25) is 0 Å². The number of hydrogen-bond donors (Lipinski definition) is 1. The molecule has 2 rings (SSSR count). The van der Waals surface area contributed by atoms with Crippen molar-refractivity contribution in [1.82, 2.24) is 5.32 Å². The second-order valence-electron chi connectivity index (χ2n) is 5.21. The maximum absolute atomic E-state index is 11.2.